The third-order valence-electron chi connectivity index (χ3n) is 9.64. The maximum atomic E-state index is 13.7. The van der Waals surface area contributed by atoms with Crippen LogP contribution in [0.5, 0.6) is 5.75 Å². The number of nitrogens with zero attached hydrogens (tertiary/aromatic N) is 4. The number of hydrogen-bond donors (Lipinski definition) is 4. The Bertz CT molecular complexity index is 1710. The molecule has 0 saturated carbocycles. The Balaban J connectivity index is 1.24. The molecular weight excluding hydrogens is 638 g/mol. The van der Waals surface area contributed by atoms with Crippen LogP contribution in [-0.4, -0.2) is 111 Å². The van der Waals surface area contributed by atoms with Crippen molar-refractivity contribution in [3.8, 4) is 5.75 Å². The van der Waals surface area contributed by atoms with Crippen LogP contribution in [0.25, 0.3) is 4.96 Å². The minimum atomic E-state index is -1.22. The normalized spacial score (nSPS) is 24.2. The molecule has 14 nitrogen and oxygen atoms in total. The van der Waals surface area contributed by atoms with Gasteiger partial charge >= 0.3 is 0 Å². The molecule has 4 N–H and O–H groups in total. The molecule has 2 fully saturated rings. The van der Waals surface area contributed by atoms with Gasteiger partial charge in [0.2, 0.25) is 17.7 Å². The van der Waals surface area contributed by atoms with Gasteiger partial charge in [-0.15, -0.1) is 11.3 Å². The number of aliphatic hydroxyl groups is 1. The first-order valence-corrected chi connectivity index (χ1v) is 17.2. The standard InChI is InChI=1S/C33H41N7O7S/c1-20-27(40-13-14-48-32(40)36-20)31(46)38-11-8-33(9-12-38)16-22-5-3-6-23(15-22)47-18-26(42)35-21(2)30(45)39-10-4-7-25(39)29(44)37-24(17-41)28(43)34-19-33/h3,5-6,13-15,21,24-25,41H,4,7-12,16-19H2,1-2H3,(H,34,43)(H,35,42)(H,37,44)/t21-,24-,25-/m0/s1. The zero-order valence-electron chi connectivity index (χ0n) is 27.1. The number of carbonyl (C=O) groups excluding carboxylic acids is 5. The van der Waals surface area contributed by atoms with Gasteiger partial charge < -0.3 is 35.6 Å². The summed E-state index contributed by atoms with van der Waals surface area (Å²) in [7, 11) is 0. The molecule has 256 valence electrons. The molecule has 3 aliphatic rings. The van der Waals surface area contributed by atoms with E-state index in [1.54, 1.807) is 13.0 Å². The van der Waals surface area contributed by atoms with E-state index in [1.807, 2.05) is 46.0 Å². The first kappa shape index (κ1) is 33.4. The summed E-state index contributed by atoms with van der Waals surface area (Å²) in [5, 5.41) is 20.3. The van der Waals surface area contributed by atoms with E-state index in [0.717, 1.165) is 10.5 Å². The number of rotatable bonds is 2. The van der Waals surface area contributed by atoms with E-state index >= 15 is 0 Å². The number of thiazole rings is 1. The topological polar surface area (TPSA) is 175 Å². The first-order valence-electron chi connectivity index (χ1n) is 16.3. The fourth-order valence-electron chi connectivity index (χ4n) is 6.99. The van der Waals surface area contributed by atoms with E-state index in [1.165, 1.54) is 16.2 Å². The van der Waals surface area contributed by atoms with Crippen molar-refractivity contribution in [2.75, 3.05) is 39.4 Å². The lowest BCUT2D eigenvalue weighted by molar-refractivity contribution is -0.142. The molecule has 2 bridgehead atoms. The Morgan fingerprint density at radius 1 is 1.12 bits per heavy atom. The second-order valence-corrected chi connectivity index (χ2v) is 13.8. The molecule has 3 aliphatic heterocycles. The highest BCUT2D eigenvalue weighted by Crippen LogP contribution is 2.36. The van der Waals surface area contributed by atoms with Crippen LogP contribution in [0.1, 0.15) is 54.4 Å². The summed E-state index contributed by atoms with van der Waals surface area (Å²) in [6.45, 7) is 3.93. The third-order valence-corrected chi connectivity index (χ3v) is 10.4. The minimum Gasteiger partial charge on any atom is -0.484 e. The summed E-state index contributed by atoms with van der Waals surface area (Å²) in [5.74, 6) is -1.58. The molecule has 6 rings (SSSR count). The summed E-state index contributed by atoms with van der Waals surface area (Å²) in [6.07, 6.45) is 4.51. The van der Waals surface area contributed by atoms with Crippen molar-refractivity contribution >= 4 is 45.8 Å². The SMILES string of the molecule is Cc1nc2sccn2c1C(=O)N1CCC2(CC1)CNC(=O)[C@H](CO)NC(=O)[C@@H]1CCCN1C(=O)[C@H](C)NC(=O)COc1cccc(c1)C2. The smallest absolute Gasteiger partial charge is 0.272 e. The predicted molar refractivity (Wildman–Crippen MR) is 175 cm³/mol. The van der Waals surface area contributed by atoms with Crippen molar-refractivity contribution in [2.24, 2.45) is 5.41 Å². The summed E-state index contributed by atoms with van der Waals surface area (Å²) in [4.78, 5) is 74.9. The van der Waals surface area contributed by atoms with E-state index in [0.29, 0.717) is 68.9 Å². The first-order chi connectivity index (χ1) is 23.1. The number of carbonyl (C=O) groups is 5. The molecule has 5 heterocycles. The van der Waals surface area contributed by atoms with Crippen LogP contribution in [0.15, 0.2) is 35.8 Å². The zero-order valence-corrected chi connectivity index (χ0v) is 27.9. The summed E-state index contributed by atoms with van der Waals surface area (Å²) in [6, 6.07) is 4.44. The number of likely N-dealkylation sites (tertiary alicyclic amines) is 1. The van der Waals surface area contributed by atoms with E-state index in [-0.39, 0.29) is 19.1 Å². The van der Waals surface area contributed by atoms with Crippen molar-refractivity contribution in [3.05, 3.63) is 52.8 Å². The van der Waals surface area contributed by atoms with Crippen LogP contribution < -0.4 is 20.7 Å². The van der Waals surface area contributed by atoms with Gasteiger partial charge in [-0.1, -0.05) is 12.1 Å². The molecule has 2 saturated heterocycles. The maximum Gasteiger partial charge on any atom is 0.272 e. The number of aliphatic hydroxyl groups excluding tert-OH is 1. The van der Waals surface area contributed by atoms with E-state index in [2.05, 4.69) is 20.9 Å². The number of nitrogens with one attached hydrogen (secondary N) is 3. The largest absolute Gasteiger partial charge is 0.484 e. The van der Waals surface area contributed by atoms with Gasteiger partial charge in [0.1, 0.15) is 29.6 Å². The van der Waals surface area contributed by atoms with E-state index in [4.69, 9.17) is 4.74 Å². The van der Waals surface area contributed by atoms with E-state index < -0.39 is 53.8 Å². The number of hydrogen-bond acceptors (Lipinski definition) is 9. The van der Waals surface area contributed by atoms with Crippen molar-refractivity contribution in [1.82, 2.24) is 35.1 Å². The van der Waals surface area contributed by atoms with Gasteiger partial charge in [-0.05, 0) is 69.1 Å². The Kier molecular flexibility index (Phi) is 9.69. The summed E-state index contributed by atoms with van der Waals surface area (Å²) in [5.41, 5.74) is 1.67. The van der Waals surface area contributed by atoms with Crippen LogP contribution in [-0.2, 0) is 25.6 Å². The Morgan fingerprint density at radius 2 is 1.92 bits per heavy atom. The van der Waals surface area contributed by atoms with Gasteiger partial charge in [-0.25, -0.2) is 4.98 Å². The maximum absolute atomic E-state index is 13.7. The molecule has 2 aromatic heterocycles. The zero-order chi connectivity index (χ0) is 34.0. The molecular formula is C33H41N7O7S. The van der Waals surface area contributed by atoms with Crippen LogP contribution in [0, 0.1) is 12.3 Å². The van der Waals surface area contributed by atoms with Crippen LogP contribution in [0.2, 0.25) is 0 Å². The van der Waals surface area contributed by atoms with Crippen LogP contribution in [0.3, 0.4) is 0 Å². The number of imidazole rings is 1. The van der Waals surface area contributed by atoms with Gasteiger partial charge in [0.05, 0.1) is 12.3 Å². The highest BCUT2D eigenvalue weighted by molar-refractivity contribution is 7.15. The third kappa shape index (κ3) is 6.88. The molecule has 5 amide bonds. The summed E-state index contributed by atoms with van der Waals surface area (Å²) < 4.78 is 7.62. The summed E-state index contributed by atoms with van der Waals surface area (Å²) >= 11 is 1.47. The Labute approximate surface area is 281 Å². The fraction of sp³-hybridized carbons (Fsp3) is 0.515. The monoisotopic (exact) mass is 679 g/mol. The molecule has 3 atom stereocenters. The number of piperidine rings is 1. The van der Waals surface area contributed by atoms with Crippen LogP contribution in [0.4, 0.5) is 0 Å². The minimum absolute atomic E-state index is 0.0983. The van der Waals surface area contributed by atoms with Gasteiger partial charge in [-0.3, -0.25) is 28.4 Å². The number of ether oxygens (including phenoxy) is 1. The second kappa shape index (κ2) is 13.9. The molecule has 1 spiro atoms. The second-order valence-electron chi connectivity index (χ2n) is 12.9. The number of aryl methyl sites for hydroxylation is 1. The van der Waals surface area contributed by atoms with E-state index in [9.17, 15) is 29.1 Å². The quantitative estimate of drug-likeness (QED) is 0.306. The molecule has 48 heavy (non-hydrogen) atoms. The van der Waals surface area contributed by atoms with Crippen molar-refractivity contribution in [3.63, 3.8) is 0 Å². The predicted octanol–water partition coefficient (Wildman–Crippen LogP) is 0.651. The van der Waals surface area contributed by atoms with Gasteiger partial charge in [-0.2, -0.15) is 0 Å². The highest BCUT2D eigenvalue weighted by atomic mass is 32.1. The fourth-order valence-corrected chi connectivity index (χ4v) is 7.74. The molecule has 3 aromatic rings. The van der Waals surface area contributed by atoms with Crippen molar-refractivity contribution in [2.45, 2.75) is 64.1 Å². The van der Waals surface area contributed by atoms with Crippen molar-refractivity contribution in [1.29, 1.82) is 0 Å². The molecule has 0 aliphatic carbocycles. The molecule has 0 unspecified atom stereocenters. The number of amides is 5. The average molecular weight is 680 g/mol. The molecule has 1 aromatic carbocycles. The Morgan fingerprint density at radius 3 is 2.69 bits per heavy atom. The van der Waals surface area contributed by atoms with Gasteiger partial charge in [0, 0.05) is 37.8 Å². The number of benzene rings is 1. The number of fused-ring (bicyclic) bond motifs is 4. The van der Waals surface area contributed by atoms with Gasteiger partial charge in [0.15, 0.2) is 11.6 Å². The lowest BCUT2D eigenvalue weighted by Gasteiger charge is -2.42. The average Bonchev–Trinajstić information content (AvgIpc) is 3.81. The lowest BCUT2D eigenvalue weighted by atomic mass is 9.73. The number of aromatic nitrogens is 2. The highest BCUT2D eigenvalue weighted by Gasteiger charge is 2.40. The van der Waals surface area contributed by atoms with Crippen molar-refractivity contribution < 1.29 is 33.8 Å². The van der Waals surface area contributed by atoms with Crippen LogP contribution >= 0.6 is 11.3 Å². The molecule has 15 heteroatoms. The lowest BCUT2D eigenvalue weighted by Crippen LogP contribution is -2.57. The van der Waals surface area contributed by atoms with Gasteiger partial charge in [0.25, 0.3) is 11.8 Å². The Hall–Kier alpha value is -4.50. The molecule has 0 radical (unpaired) electrons.